The number of halogens is 1. The predicted molar refractivity (Wildman–Crippen MR) is 71.3 cm³/mol. The van der Waals surface area contributed by atoms with Crippen LogP contribution in [0.25, 0.3) is 0 Å². The van der Waals surface area contributed by atoms with Crippen molar-refractivity contribution in [1.82, 2.24) is 4.31 Å². The molecule has 0 saturated carbocycles. The fraction of sp³-hybridized carbons (Fsp3) is 0.364. The van der Waals surface area contributed by atoms with Crippen LogP contribution in [0.2, 0.25) is 5.02 Å². The van der Waals surface area contributed by atoms with Gasteiger partial charge in [-0.3, -0.25) is 0 Å². The summed E-state index contributed by atoms with van der Waals surface area (Å²) >= 11 is 5.67. The summed E-state index contributed by atoms with van der Waals surface area (Å²) in [4.78, 5) is 10.7. The number of carbonyl (C=O) groups is 1. The summed E-state index contributed by atoms with van der Waals surface area (Å²) in [6.07, 6.45) is 0. The molecule has 0 heterocycles. The van der Waals surface area contributed by atoms with Crippen molar-refractivity contribution in [2.75, 3.05) is 26.3 Å². The number of sulfonamides is 1. The normalized spacial score (nSPS) is 11.8. The fourth-order valence-corrected chi connectivity index (χ4v) is 3.20. The van der Waals surface area contributed by atoms with E-state index in [2.05, 4.69) is 0 Å². The van der Waals surface area contributed by atoms with Gasteiger partial charge in [0.2, 0.25) is 10.0 Å². The number of nitrogens with zero attached hydrogens (tertiary/aromatic N) is 1. The second-order valence-corrected chi connectivity index (χ2v) is 6.14. The molecule has 0 saturated heterocycles. The van der Waals surface area contributed by atoms with Crippen LogP contribution in [0, 0.1) is 0 Å². The number of aromatic carboxylic acids is 1. The first-order valence-electron chi connectivity index (χ1n) is 5.59. The van der Waals surface area contributed by atoms with Gasteiger partial charge in [-0.1, -0.05) is 11.6 Å². The van der Waals surface area contributed by atoms with Crippen molar-refractivity contribution in [3.63, 3.8) is 0 Å². The number of hydrogen-bond acceptors (Lipinski definition) is 5. The van der Waals surface area contributed by atoms with Crippen molar-refractivity contribution in [2.24, 2.45) is 0 Å². The molecule has 1 rings (SSSR count). The van der Waals surface area contributed by atoms with Gasteiger partial charge in [0, 0.05) is 13.1 Å². The SMILES string of the molecule is O=C(O)c1cc(S(=O)(=O)N(CCO)CCO)ccc1Cl. The Balaban J connectivity index is 3.26. The lowest BCUT2D eigenvalue weighted by Gasteiger charge is -2.20. The van der Waals surface area contributed by atoms with E-state index >= 15 is 0 Å². The van der Waals surface area contributed by atoms with E-state index in [0.717, 1.165) is 10.4 Å². The summed E-state index contributed by atoms with van der Waals surface area (Å²) < 4.78 is 25.4. The van der Waals surface area contributed by atoms with Crippen molar-refractivity contribution in [2.45, 2.75) is 4.90 Å². The highest BCUT2D eigenvalue weighted by Crippen LogP contribution is 2.22. The molecule has 0 bridgehead atoms. The third kappa shape index (κ3) is 3.68. The van der Waals surface area contributed by atoms with Crippen molar-refractivity contribution >= 4 is 27.6 Å². The average molecular weight is 324 g/mol. The Morgan fingerprint density at radius 2 is 1.75 bits per heavy atom. The lowest BCUT2D eigenvalue weighted by atomic mass is 10.2. The second kappa shape index (κ2) is 7.00. The molecule has 0 aromatic heterocycles. The third-order valence-corrected chi connectivity index (χ3v) is 4.73. The van der Waals surface area contributed by atoms with Crippen LogP contribution in [0.15, 0.2) is 23.1 Å². The van der Waals surface area contributed by atoms with E-state index in [1.165, 1.54) is 12.1 Å². The van der Waals surface area contributed by atoms with Gasteiger partial charge < -0.3 is 15.3 Å². The number of hydrogen-bond donors (Lipinski definition) is 3. The molecule has 7 nitrogen and oxygen atoms in total. The molecule has 0 atom stereocenters. The highest BCUT2D eigenvalue weighted by molar-refractivity contribution is 7.89. The van der Waals surface area contributed by atoms with Crippen LogP contribution in [0.5, 0.6) is 0 Å². The number of carboxylic acid groups (broad SMARTS) is 1. The minimum Gasteiger partial charge on any atom is -0.478 e. The molecule has 9 heteroatoms. The van der Waals surface area contributed by atoms with E-state index in [1.54, 1.807) is 0 Å². The van der Waals surface area contributed by atoms with Gasteiger partial charge in [-0.05, 0) is 18.2 Å². The molecule has 0 aliphatic carbocycles. The summed E-state index contributed by atoms with van der Waals surface area (Å²) in [6, 6.07) is 3.29. The standard InChI is InChI=1S/C11H14ClNO6S/c12-10-2-1-8(7-9(10)11(16)17)20(18,19)13(3-5-14)4-6-15/h1-2,7,14-15H,3-6H2,(H,16,17). The maximum absolute atomic E-state index is 12.3. The van der Waals surface area contributed by atoms with Crippen LogP contribution in [-0.4, -0.2) is 60.3 Å². The summed E-state index contributed by atoms with van der Waals surface area (Å²) in [7, 11) is -4.01. The molecule has 0 aliphatic heterocycles. The van der Waals surface area contributed by atoms with Gasteiger partial charge in [-0.15, -0.1) is 0 Å². The van der Waals surface area contributed by atoms with Crippen molar-refractivity contribution < 1.29 is 28.5 Å². The van der Waals surface area contributed by atoms with Gasteiger partial charge in [0.25, 0.3) is 0 Å². The Hall–Kier alpha value is -1.19. The minimum absolute atomic E-state index is 0.0766. The Labute approximate surface area is 121 Å². The van der Waals surface area contributed by atoms with E-state index in [9.17, 15) is 13.2 Å². The Morgan fingerprint density at radius 3 is 2.20 bits per heavy atom. The second-order valence-electron chi connectivity index (χ2n) is 3.80. The molecular formula is C11H14ClNO6S. The van der Waals surface area contributed by atoms with Gasteiger partial charge in [0.1, 0.15) is 0 Å². The molecule has 112 valence electrons. The number of rotatable bonds is 7. The first-order valence-corrected chi connectivity index (χ1v) is 7.41. The Bertz CT molecular complexity index is 583. The van der Waals surface area contributed by atoms with Crippen molar-refractivity contribution in [1.29, 1.82) is 0 Å². The summed E-state index contributed by atoms with van der Waals surface area (Å²) in [5.74, 6) is -1.34. The van der Waals surface area contributed by atoms with Gasteiger partial charge in [-0.2, -0.15) is 4.31 Å². The zero-order chi connectivity index (χ0) is 15.3. The molecule has 0 unspecified atom stereocenters. The maximum atomic E-state index is 12.3. The molecular weight excluding hydrogens is 310 g/mol. The molecule has 0 amide bonds. The fourth-order valence-electron chi connectivity index (χ4n) is 1.55. The average Bonchev–Trinajstić information content (AvgIpc) is 2.38. The Kier molecular flexibility index (Phi) is 5.90. The van der Waals surface area contributed by atoms with Crippen LogP contribution in [0.1, 0.15) is 10.4 Å². The third-order valence-electron chi connectivity index (χ3n) is 2.50. The lowest BCUT2D eigenvalue weighted by molar-refractivity contribution is 0.0696. The zero-order valence-electron chi connectivity index (χ0n) is 10.4. The van der Waals surface area contributed by atoms with E-state index < -0.39 is 29.2 Å². The number of benzene rings is 1. The zero-order valence-corrected chi connectivity index (χ0v) is 11.9. The Morgan fingerprint density at radius 1 is 1.20 bits per heavy atom. The van der Waals surface area contributed by atoms with Crippen LogP contribution in [-0.2, 0) is 10.0 Å². The molecule has 0 spiro atoms. The predicted octanol–water partition coefficient (Wildman–Crippen LogP) is 0.0135. The van der Waals surface area contributed by atoms with E-state index in [0.29, 0.717) is 0 Å². The number of aliphatic hydroxyl groups excluding tert-OH is 2. The molecule has 3 N–H and O–H groups in total. The smallest absolute Gasteiger partial charge is 0.337 e. The van der Waals surface area contributed by atoms with E-state index in [-0.39, 0.29) is 28.6 Å². The molecule has 1 aromatic rings. The summed E-state index contributed by atoms with van der Waals surface area (Å²) in [5.41, 5.74) is -0.333. The van der Waals surface area contributed by atoms with Crippen LogP contribution in [0.3, 0.4) is 0 Å². The van der Waals surface area contributed by atoms with Crippen molar-refractivity contribution in [3.05, 3.63) is 28.8 Å². The van der Waals surface area contributed by atoms with E-state index in [4.69, 9.17) is 26.9 Å². The number of carboxylic acids is 1. The number of aliphatic hydroxyl groups is 2. The lowest BCUT2D eigenvalue weighted by Crippen LogP contribution is -2.35. The summed E-state index contributed by atoms with van der Waals surface area (Å²) in [6.45, 7) is -1.24. The van der Waals surface area contributed by atoms with Gasteiger partial charge in [0.05, 0.1) is 28.7 Å². The monoisotopic (exact) mass is 323 g/mol. The van der Waals surface area contributed by atoms with E-state index in [1.807, 2.05) is 0 Å². The quantitative estimate of drug-likeness (QED) is 0.651. The molecule has 1 aromatic carbocycles. The minimum atomic E-state index is -4.01. The molecule has 0 radical (unpaired) electrons. The highest BCUT2D eigenvalue weighted by atomic mass is 35.5. The van der Waals surface area contributed by atoms with Crippen LogP contribution < -0.4 is 0 Å². The topological polar surface area (TPSA) is 115 Å². The largest absolute Gasteiger partial charge is 0.478 e. The van der Waals surface area contributed by atoms with Crippen molar-refractivity contribution in [3.8, 4) is 0 Å². The maximum Gasteiger partial charge on any atom is 0.337 e. The van der Waals surface area contributed by atoms with Crippen LogP contribution in [0.4, 0.5) is 0 Å². The van der Waals surface area contributed by atoms with Gasteiger partial charge in [0.15, 0.2) is 0 Å². The van der Waals surface area contributed by atoms with Gasteiger partial charge in [-0.25, -0.2) is 13.2 Å². The van der Waals surface area contributed by atoms with Gasteiger partial charge >= 0.3 is 5.97 Å². The molecule has 0 fully saturated rings. The highest BCUT2D eigenvalue weighted by Gasteiger charge is 2.25. The molecule has 0 aliphatic rings. The first-order chi connectivity index (χ1) is 9.34. The first kappa shape index (κ1) is 16.9. The molecule has 20 heavy (non-hydrogen) atoms. The van der Waals surface area contributed by atoms with Crippen LogP contribution >= 0.6 is 11.6 Å². The summed E-state index contributed by atoms with van der Waals surface area (Å²) in [5, 5.41) is 26.6.